The summed E-state index contributed by atoms with van der Waals surface area (Å²) in [5.74, 6) is 0.963. The largest absolute Gasteiger partial charge is 0.347 e. The SMILES string of the molecule is Cc1cc(C(=O)NCc2ccccc2)nc([C@H]2CCCN(C)C2)n1. The van der Waals surface area contributed by atoms with Crippen LogP contribution in [0.1, 0.15) is 46.3 Å². The molecule has 1 amide bonds. The highest BCUT2D eigenvalue weighted by Gasteiger charge is 2.22. The van der Waals surface area contributed by atoms with Gasteiger partial charge in [0.2, 0.25) is 0 Å². The molecule has 2 heterocycles. The third-order valence-corrected chi connectivity index (χ3v) is 4.39. The van der Waals surface area contributed by atoms with Gasteiger partial charge in [-0.15, -0.1) is 0 Å². The van der Waals surface area contributed by atoms with Gasteiger partial charge in [0.15, 0.2) is 0 Å². The average molecular weight is 324 g/mol. The molecule has 1 fully saturated rings. The number of benzene rings is 1. The third-order valence-electron chi connectivity index (χ3n) is 4.39. The number of aryl methyl sites for hydroxylation is 1. The molecule has 24 heavy (non-hydrogen) atoms. The van der Waals surface area contributed by atoms with Crippen LogP contribution in [-0.4, -0.2) is 40.9 Å². The van der Waals surface area contributed by atoms with Gasteiger partial charge in [-0.1, -0.05) is 30.3 Å². The van der Waals surface area contributed by atoms with Gasteiger partial charge >= 0.3 is 0 Å². The molecule has 5 heteroatoms. The minimum atomic E-state index is -0.144. The first-order chi connectivity index (χ1) is 11.6. The van der Waals surface area contributed by atoms with Crippen molar-refractivity contribution >= 4 is 5.91 Å². The van der Waals surface area contributed by atoms with Crippen molar-refractivity contribution < 1.29 is 4.79 Å². The van der Waals surface area contributed by atoms with E-state index >= 15 is 0 Å². The monoisotopic (exact) mass is 324 g/mol. The second-order valence-electron chi connectivity index (χ2n) is 6.52. The maximum Gasteiger partial charge on any atom is 0.270 e. The molecule has 0 radical (unpaired) electrons. The van der Waals surface area contributed by atoms with Crippen molar-refractivity contribution in [3.63, 3.8) is 0 Å². The topological polar surface area (TPSA) is 58.1 Å². The van der Waals surface area contributed by atoms with Gasteiger partial charge < -0.3 is 10.2 Å². The number of likely N-dealkylation sites (N-methyl/N-ethyl adjacent to an activating group) is 1. The Morgan fingerprint density at radius 2 is 2.08 bits per heavy atom. The van der Waals surface area contributed by atoms with Crippen LogP contribution in [0, 0.1) is 6.92 Å². The zero-order valence-electron chi connectivity index (χ0n) is 14.3. The predicted molar refractivity (Wildman–Crippen MR) is 93.9 cm³/mol. The molecular weight excluding hydrogens is 300 g/mol. The summed E-state index contributed by atoms with van der Waals surface area (Å²) in [6.07, 6.45) is 2.23. The minimum absolute atomic E-state index is 0.144. The molecular formula is C19H24N4O. The highest BCUT2D eigenvalue weighted by atomic mass is 16.1. The van der Waals surface area contributed by atoms with Gasteiger partial charge in [0.05, 0.1) is 0 Å². The molecule has 1 saturated heterocycles. The van der Waals surface area contributed by atoms with E-state index in [9.17, 15) is 4.79 Å². The number of aromatic nitrogens is 2. The molecule has 2 aromatic rings. The second-order valence-corrected chi connectivity index (χ2v) is 6.52. The summed E-state index contributed by atoms with van der Waals surface area (Å²) in [6.45, 7) is 4.50. The van der Waals surface area contributed by atoms with Crippen molar-refractivity contribution in [1.29, 1.82) is 0 Å². The van der Waals surface area contributed by atoms with Gasteiger partial charge in [-0.25, -0.2) is 9.97 Å². The number of likely N-dealkylation sites (tertiary alicyclic amines) is 1. The van der Waals surface area contributed by atoms with Gasteiger partial charge in [0, 0.05) is 24.7 Å². The fraction of sp³-hybridized carbons (Fsp3) is 0.421. The zero-order chi connectivity index (χ0) is 16.9. The maximum absolute atomic E-state index is 12.5. The normalized spacial score (nSPS) is 18.3. The standard InChI is InChI=1S/C19H24N4O/c1-14-11-17(19(24)20-12-15-7-4-3-5-8-15)22-18(21-14)16-9-6-10-23(2)13-16/h3-5,7-8,11,16H,6,9-10,12-13H2,1-2H3,(H,20,24)/t16-/m0/s1. The molecule has 0 spiro atoms. The van der Waals surface area contributed by atoms with Gasteiger partial charge in [0.1, 0.15) is 11.5 Å². The number of nitrogens with one attached hydrogen (secondary N) is 1. The molecule has 0 aliphatic carbocycles. The molecule has 1 N–H and O–H groups in total. The van der Waals surface area contributed by atoms with E-state index in [-0.39, 0.29) is 5.91 Å². The smallest absolute Gasteiger partial charge is 0.270 e. The van der Waals surface area contributed by atoms with Gasteiger partial charge in [0.25, 0.3) is 5.91 Å². The van der Waals surface area contributed by atoms with E-state index in [1.54, 1.807) is 6.07 Å². The lowest BCUT2D eigenvalue weighted by Crippen LogP contribution is -2.32. The number of rotatable bonds is 4. The first kappa shape index (κ1) is 16.6. The maximum atomic E-state index is 12.5. The summed E-state index contributed by atoms with van der Waals surface area (Å²) in [7, 11) is 2.12. The predicted octanol–water partition coefficient (Wildman–Crippen LogP) is 2.52. The van der Waals surface area contributed by atoms with Crippen molar-refractivity contribution in [2.75, 3.05) is 20.1 Å². The molecule has 0 bridgehead atoms. The fourth-order valence-electron chi connectivity index (χ4n) is 3.14. The van der Waals surface area contributed by atoms with E-state index < -0.39 is 0 Å². The molecule has 0 unspecified atom stereocenters. The summed E-state index contributed by atoms with van der Waals surface area (Å²) >= 11 is 0. The van der Waals surface area contributed by atoms with Crippen molar-refractivity contribution in [1.82, 2.24) is 20.2 Å². The fourth-order valence-corrected chi connectivity index (χ4v) is 3.14. The van der Waals surface area contributed by atoms with E-state index in [1.165, 1.54) is 0 Å². The van der Waals surface area contributed by atoms with Gasteiger partial charge in [-0.2, -0.15) is 0 Å². The molecule has 3 rings (SSSR count). The van der Waals surface area contributed by atoms with E-state index in [0.717, 1.165) is 43.0 Å². The lowest BCUT2D eigenvalue weighted by Gasteiger charge is -2.28. The molecule has 1 aliphatic rings. The number of hydrogen-bond donors (Lipinski definition) is 1. The molecule has 1 aromatic carbocycles. The summed E-state index contributed by atoms with van der Waals surface area (Å²) in [5, 5.41) is 2.94. The van der Waals surface area contributed by atoms with Crippen molar-refractivity contribution in [2.24, 2.45) is 0 Å². The lowest BCUT2D eigenvalue weighted by atomic mass is 9.97. The van der Waals surface area contributed by atoms with Crippen LogP contribution in [0.2, 0.25) is 0 Å². The van der Waals surface area contributed by atoms with Crippen LogP contribution >= 0.6 is 0 Å². The van der Waals surface area contributed by atoms with Crippen LogP contribution in [0.4, 0.5) is 0 Å². The minimum Gasteiger partial charge on any atom is -0.347 e. The highest BCUT2D eigenvalue weighted by molar-refractivity contribution is 5.92. The van der Waals surface area contributed by atoms with E-state index in [4.69, 9.17) is 0 Å². The number of amides is 1. The van der Waals surface area contributed by atoms with Crippen LogP contribution < -0.4 is 5.32 Å². The lowest BCUT2D eigenvalue weighted by molar-refractivity contribution is 0.0945. The second kappa shape index (κ2) is 7.53. The van der Waals surface area contributed by atoms with Crippen molar-refractivity contribution in [3.05, 3.63) is 59.2 Å². The van der Waals surface area contributed by atoms with Crippen LogP contribution in [0.5, 0.6) is 0 Å². The Morgan fingerprint density at radius 1 is 1.29 bits per heavy atom. The molecule has 1 atom stereocenters. The Labute approximate surface area is 143 Å². The molecule has 1 aromatic heterocycles. The molecule has 0 saturated carbocycles. The van der Waals surface area contributed by atoms with Crippen LogP contribution in [0.25, 0.3) is 0 Å². The summed E-state index contributed by atoms with van der Waals surface area (Å²) in [6, 6.07) is 11.6. The number of carbonyl (C=O) groups excluding carboxylic acids is 1. The Hall–Kier alpha value is -2.27. The number of nitrogens with zero attached hydrogens (tertiary/aromatic N) is 3. The summed E-state index contributed by atoms with van der Waals surface area (Å²) in [4.78, 5) is 23.9. The van der Waals surface area contributed by atoms with E-state index in [0.29, 0.717) is 18.2 Å². The van der Waals surface area contributed by atoms with Crippen molar-refractivity contribution in [2.45, 2.75) is 32.2 Å². The Balaban J connectivity index is 1.72. The van der Waals surface area contributed by atoms with Gasteiger partial charge in [-0.05, 0) is 45.0 Å². The van der Waals surface area contributed by atoms with Crippen LogP contribution in [0.15, 0.2) is 36.4 Å². The quantitative estimate of drug-likeness (QED) is 0.939. The van der Waals surface area contributed by atoms with E-state index in [2.05, 4.69) is 27.2 Å². The first-order valence-electron chi connectivity index (χ1n) is 8.48. The van der Waals surface area contributed by atoms with Crippen molar-refractivity contribution in [3.8, 4) is 0 Å². The Bertz CT molecular complexity index is 702. The number of hydrogen-bond acceptors (Lipinski definition) is 4. The molecule has 5 nitrogen and oxygen atoms in total. The number of carbonyl (C=O) groups is 1. The summed E-state index contributed by atoms with van der Waals surface area (Å²) < 4.78 is 0. The Kier molecular flexibility index (Phi) is 5.20. The van der Waals surface area contributed by atoms with Crippen LogP contribution in [0.3, 0.4) is 0 Å². The zero-order valence-corrected chi connectivity index (χ0v) is 14.3. The highest BCUT2D eigenvalue weighted by Crippen LogP contribution is 2.23. The average Bonchev–Trinajstić information content (AvgIpc) is 2.60. The van der Waals surface area contributed by atoms with Crippen LogP contribution in [-0.2, 0) is 6.54 Å². The summed E-state index contributed by atoms with van der Waals surface area (Å²) in [5.41, 5.74) is 2.38. The molecule has 1 aliphatic heterocycles. The van der Waals surface area contributed by atoms with Gasteiger partial charge in [-0.3, -0.25) is 4.79 Å². The first-order valence-corrected chi connectivity index (χ1v) is 8.48. The Morgan fingerprint density at radius 3 is 2.83 bits per heavy atom. The van der Waals surface area contributed by atoms with E-state index in [1.807, 2.05) is 37.3 Å². The number of piperidine rings is 1. The molecule has 126 valence electrons. The third kappa shape index (κ3) is 4.17.